The molecule has 0 bridgehead atoms. The zero-order valence-electron chi connectivity index (χ0n) is 15.4. The molecule has 0 radical (unpaired) electrons. The van der Waals surface area contributed by atoms with E-state index in [-0.39, 0.29) is 0 Å². The molecule has 1 aromatic heterocycles. The van der Waals surface area contributed by atoms with Gasteiger partial charge in [-0.15, -0.1) is 0 Å². The Labute approximate surface area is 158 Å². The van der Waals surface area contributed by atoms with Crippen LogP contribution in [0.15, 0.2) is 54.6 Å². The number of nitrogens with zero attached hydrogens (tertiary/aromatic N) is 2. The molecule has 0 aliphatic rings. The summed E-state index contributed by atoms with van der Waals surface area (Å²) in [5.74, 6) is 0.399. The fourth-order valence-corrected chi connectivity index (χ4v) is 3.28. The Hall–Kier alpha value is -3.52. The van der Waals surface area contributed by atoms with Crippen LogP contribution in [0.5, 0.6) is 5.75 Å². The summed E-state index contributed by atoms with van der Waals surface area (Å²) in [5, 5.41) is 9.01. The fraction of sp³-hybridized carbons (Fsp3) is 0.182. The van der Waals surface area contributed by atoms with E-state index in [9.17, 15) is 4.79 Å². The van der Waals surface area contributed by atoms with Crippen LogP contribution in [-0.4, -0.2) is 17.6 Å². The van der Waals surface area contributed by atoms with Gasteiger partial charge in [-0.05, 0) is 48.7 Å². The number of ether oxygens (including phenoxy) is 1. The monoisotopic (exact) mass is 359 g/mol. The van der Waals surface area contributed by atoms with Crippen molar-refractivity contribution in [3.63, 3.8) is 0 Å². The average Bonchev–Trinajstić information content (AvgIpc) is 3.03. The van der Waals surface area contributed by atoms with Gasteiger partial charge in [0.2, 0.25) is 0 Å². The van der Waals surface area contributed by atoms with Crippen LogP contribution in [0.2, 0.25) is 0 Å². The highest BCUT2D eigenvalue weighted by Crippen LogP contribution is 2.27. The number of amides is 1. The fourth-order valence-electron chi connectivity index (χ4n) is 3.28. The van der Waals surface area contributed by atoms with E-state index in [1.807, 2.05) is 49.4 Å². The summed E-state index contributed by atoms with van der Waals surface area (Å²) >= 11 is 0. The summed E-state index contributed by atoms with van der Waals surface area (Å²) < 4.78 is 7.53. The summed E-state index contributed by atoms with van der Waals surface area (Å²) in [6, 6.07) is 19.2. The highest BCUT2D eigenvalue weighted by molar-refractivity contribution is 5.95. The maximum atomic E-state index is 11.8. The smallest absolute Gasteiger partial charge is 0.250 e. The van der Waals surface area contributed by atoms with Crippen LogP contribution in [0.3, 0.4) is 0 Å². The van der Waals surface area contributed by atoms with Crippen molar-refractivity contribution in [3.8, 4) is 23.1 Å². The highest BCUT2D eigenvalue weighted by atomic mass is 16.5. The molecule has 0 unspecified atom stereocenters. The lowest BCUT2D eigenvalue weighted by Gasteiger charge is -2.14. The Morgan fingerprint density at radius 2 is 1.89 bits per heavy atom. The number of aryl methyl sites for hydroxylation is 1. The van der Waals surface area contributed by atoms with E-state index in [1.54, 1.807) is 19.2 Å². The van der Waals surface area contributed by atoms with E-state index in [0.717, 1.165) is 34.7 Å². The second kappa shape index (κ2) is 7.79. The van der Waals surface area contributed by atoms with E-state index in [1.165, 1.54) is 0 Å². The Morgan fingerprint density at radius 1 is 1.19 bits per heavy atom. The number of methoxy groups -OCH3 is 1. The van der Waals surface area contributed by atoms with Gasteiger partial charge in [-0.2, -0.15) is 5.26 Å². The summed E-state index contributed by atoms with van der Waals surface area (Å²) in [6.07, 6.45) is 0.751. The Balaban J connectivity index is 2.00. The first-order valence-electron chi connectivity index (χ1n) is 8.67. The number of aromatic nitrogens is 1. The molecule has 3 aromatic rings. The maximum Gasteiger partial charge on any atom is 0.250 e. The van der Waals surface area contributed by atoms with Crippen molar-refractivity contribution >= 4 is 5.91 Å². The number of hydrogen-bond donors (Lipinski definition) is 1. The first-order chi connectivity index (χ1) is 13.0. The third-order valence-electron chi connectivity index (χ3n) is 4.74. The number of rotatable bonds is 6. The van der Waals surface area contributed by atoms with Crippen molar-refractivity contribution in [3.05, 3.63) is 77.0 Å². The molecule has 0 saturated carbocycles. The molecule has 2 N–H and O–H groups in total. The van der Waals surface area contributed by atoms with Crippen molar-refractivity contribution in [2.75, 3.05) is 7.11 Å². The normalized spacial score (nSPS) is 10.4. The van der Waals surface area contributed by atoms with Crippen LogP contribution >= 0.6 is 0 Å². The Bertz CT molecular complexity index is 1010. The first-order valence-corrected chi connectivity index (χ1v) is 8.67. The minimum atomic E-state index is -0.446. The molecule has 0 fully saturated rings. The third kappa shape index (κ3) is 3.70. The van der Waals surface area contributed by atoms with Gasteiger partial charge in [0.25, 0.3) is 5.91 Å². The predicted octanol–water partition coefficient (Wildman–Crippen LogP) is 3.69. The molecule has 3 rings (SSSR count). The van der Waals surface area contributed by atoms with Gasteiger partial charge in [-0.3, -0.25) is 4.79 Å². The lowest BCUT2D eigenvalue weighted by molar-refractivity contribution is 0.0999. The number of carbonyl (C=O) groups is 1. The van der Waals surface area contributed by atoms with Crippen molar-refractivity contribution in [1.82, 2.24) is 4.57 Å². The second-order valence-electron chi connectivity index (χ2n) is 6.30. The van der Waals surface area contributed by atoms with Crippen LogP contribution in [0.1, 0.15) is 27.2 Å². The van der Waals surface area contributed by atoms with Gasteiger partial charge in [0.15, 0.2) is 0 Å². The molecule has 0 aliphatic carbocycles. The lowest BCUT2D eigenvalue weighted by atomic mass is 10.1. The molecule has 5 nitrogen and oxygen atoms in total. The van der Waals surface area contributed by atoms with Crippen LogP contribution < -0.4 is 10.5 Å². The summed E-state index contributed by atoms with van der Waals surface area (Å²) in [5.41, 5.74) is 10.4. The number of hydrogen-bond acceptors (Lipinski definition) is 3. The van der Waals surface area contributed by atoms with E-state index < -0.39 is 5.91 Å². The Kier molecular flexibility index (Phi) is 5.28. The molecular weight excluding hydrogens is 338 g/mol. The molecule has 5 heteroatoms. The molecule has 0 spiro atoms. The van der Waals surface area contributed by atoms with Crippen molar-refractivity contribution in [2.45, 2.75) is 19.9 Å². The van der Waals surface area contributed by atoms with Gasteiger partial charge in [0.05, 0.1) is 24.3 Å². The predicted molar refractivity (Wildman–Crippen MR) is 105 cm³/mol. The number of carbonyl (C=O) groups excluding carboxylic acids is 1. The summed E-state index contributed by atoms with van der Waals surface area (Å²) in [6.45, 7) is 2.57. The SMILES string of the molecule is COc1ccccc1CCn1c(-c2ccc(C#N)cc2)cc(C(N)=O)c1C. The quantitative estimate of drug-likeness (QED) is 0.729. The van der Waals surface area contributed by atoms with Crippen molar-refractivity contribution < 1.29 is 9.53 Å². The molecule has 1 heterocycles. The number of nitrogens with two attached hydrogens (primary N) is 1. The first kappa shape index (κ1) is 18.3. The van der Waals surface area contributed by atoms with Crippen LogP contribution in [0, 0.1) is 18.3 Å². The second-order valence-corrected chi connectivity index (χ2v) is 6.30. The zero-order chi connectivity index (χ0) is 19.4. The third-order valence-corrected chi connectivity index (χ3v) is 4.74. The van der Waals surface area contributed by atoms with E-state index in [2.05, 4.69) is 10.6 Å². The van der Waals surface area contributed by atoms with E-state index in [0.29, 0.717) is 17.7 Å². The molecule has 136 valence electrons. The number of benzene rings is 2. The van der Waals surface area contributed by atoms with E-state index >= 15 is 0 Å². The van der Waals surface area contributed by atoms with Gasteiger partial charge in [0.1, 0.15) is 5.75 Å². The number of primary amides is 1. The summed E-state index contributed by atoms with van der Waals surface area (Å²) in [7, 11) is 1.66. The van der Waals surface area contributed by atoms with E-state index in [4.69, 9.17) is 15.7 Å². The minimum absolute atomic E-state index is 0.446. The van der Waals surface area contributed by atoms with Gasteiger partial charge in [-0.25, -0.2) is 0 Å². The molecule has 0 saturated heterocycles. The van der Waals surface area contributed by atoms with Crippen molar-refractivity contribution in [2.24, 2.45) is 5.73 Å². The Morgan fingerprint density at radius 3 is 2.52 bits per heavy atom. The lowest BCUT2D eigenvalue weighted by Crippen LogP contribution is -2.13. The number of para-hydroxylation sites is 1. The van der Waals surface area contributed by atoms with Crippen LogP contribution in [0.25, 0.3) is 11.3 Å². The summed E-state index contributed by atoms with van der Waals surface area (Å²) in [4.78, 5) is 11.8. The van der Waals surface area contributed by atoms with Gasteiger partial charge >= 0.3 is 0 Å². The molecule has 0 aliphatic heterocycles. The molecule has 0 atom stereocenters. The topological polar surface area (TPSA) is 81.0 Å². The molecule has 1 amide bonds. The molecular formula is C22H21N3O2. The van der Waals surface area contributed by atoms with Crippen LogP contribution in [-0.2, 0) is 13.0 Å². The minimum Gasteiger partial charge on any atom is -0.496 e. The van der Waals surface area contributed by atoms with Gasteiger partial charge in [0, 0.05) is 17.9 Å². The molecule has 2 aromatic carbocycles. The largest absolute Gasteiger partial charge is 0.496 e. The van der Waals surface area contributed by atoms with Crippen molar-refractivity contribution in [1.29, 1.82) is 5.26 Å². The number of nitriles is 1. The maximum absolute atomic E-state index is 11.8. The van der Waals surface area contributed by atoms with Gasteiger partial charge < -0.3 is 15.0 Å². The average molecular weight is 359 g/mol. The standard InChI is InChI=1S/C22H21N3O2/c1-15-19(22(24)26)13-20(17-9-7-16(14-23)8-10-17)25(15)12-11-18-5-3-4-6-21(18)27-2/h3-10,13H,11-12H2,1-2H3,(H2,24,26). The highest BCUT2D eigenvalue weighted by Gasteiger charge is 2.17. The van der Waals surface area contributed by atoms with Gasteiger partial charge in [-0.1, -0.05) is 30.3 Å². The zero-order valence-corrected chi connectivity index (χ0v) is 15.4. The van der Waals surface area contributed by atoms with Crippen LogP contribution in [0.4, 0.5) is 0 Å². The molecule has 27 heavy (non-hydrogen) atoms.